The molecule has 1 aliphatic rings. The van der Waals surface area contributed by atoms with Crippen LogP contribution in [0.3, 0.4) is 0 Å². The average molecular weight is 221 g/mol. The summed E-state index contributed by atoms with van der Waals surface area (Å²) in [4.78, 5) is 3.50. The van der Waals surface area contributed by atoms with Gasteiger partial charge >= 0.3 is 0 Å². The number of aryl methyl sites for hydroxylation is 1. The van der Waals surface area contributed by atoms with E-state index in [0.717, 1.165) is 5.75 Å². The summed E-state index contributed by atoms with van der Waals surface area (Å²) in [5.74, 6) is 2.43. The van der Waals surface area contributed by atoms with E-state index >= 15 is 0 Å². The van der Waals surface area contributed by atoms with E-state index in [9.17, 15) is 0 Å². The maximum absolute atomic E-state index is 3.50. The third-order valence-electron chi connectivity index (χ3n) is 2.64. The maximum Gasteiger partial charge on any atom is 0.0459 e. The summed E-state index contributed by atoms with van der Waals surface area (Å²) in [5, 5.41) is 1.43. The number of para-hydroxylation sites is 1. The lowest BCUT2D eigenvalue weighted by molar-refractivity contribution is 1.07. The van der Waals surface area contributed by atoms with E-state index in [-0.39, 0.29) is 1.43 Å². The predicted molar refractivity (Wildman–Crippen MR) is 71.6 cm³/mol. The van der Waals surface area contributed by atoms with Crippen molar-refractivity contribution in [2.24, 2.45) is 0 Å². The summed E-state index contributed by atoms with van der Waals surface area (Å²) in [6, 6.07) is 8.61. The van der Waals surface area contributed by atoms with Crippen LogP contribution in [0.1, 0.15) is 26.5 Å². The zero-order valence-electron chi connectivity index (χ0n) is 9.34. The summed E-state index contributed by atoms with van der Waals surface area (Å²) in [6.07, 6.45) is 1.23. The number of H-pyrrole nitrogens is 1. The van der Waals surface area contributed by atoms with E-state index in [0.29, 0.717) is 0 Å². The Morgan fingerprint density at radius 1 is 1.27 bits per heavy atom. The second-order valence-electron chi connectivity index (χ2n) is 3.43. The largest absolute Gasteiger partial charge is 0.357 e. The van der Waals surface area contributed by atoms with Crippen LogP contribution in [0.15, 0.2) is 24.3 Å². The van der Waals surface area contributed by atoms with E-state index < -0.39 is 0 Å². The molecule has 2 heterocycles. The highest BCUT2D eigenvalue weighted by Gasteiger charge is 2.14. The first-order valence-corrected chi connectivity index (χ1v) is 6.77. The van der Waals surface area contributed by atoms with E-state index in [1.165, 1.54) is 28.8 Å². The lowest BCUT2D eigenvalue weighted by Gasteiger charge is -2.09. The number of aromatic nitrogens is 1. The second-order valence-corrected chi connectivity index (χ2v) is 4.54. The molecule has 1 aromatic carbocycles. The molecule has 0 radical (unpaired) electrons. The topological polar surface area (TPSA) is 15.8 Å². The summed E-state index contributed by atoms with van der Waals surface area (Å²) in [6.45, 7) is 4.00. The fourth-order valence-electron chi connectivity index (χ4n) is 2.01. The Balaban J connectivity index is 0.000000406. The highest BCUT2D eigenvalue weighted by atomic mass is 32.2. The molecule has 0 fully saturated rings. The van der Waals surface area contributed by atoms with Crippen LogP contribution in [-0.2, 0) is 12.2 Å². The number of hydrogen-bond donors (Lipinski definition) is 1. The summed E-state index contributed by atoms with van der Waals surface area (Å²) in [5.41, 5.74) is 4.29. The Morgan fingerprint density at radius 2 is 2.07 bits per heavy atom. The molecule has 2 heteroatoms. The van der Waals surface area contributed by atoms with Crippen LogP contribution in [0.2, 0.25) is 0 Å². The van der Waals surface area contributed by atoms with Crippen molar-refractivity contribution >= 4 is 22.7 Å². The number of nitrogens with one attached hydrogen (secondary N) is 1. The van der Waals surface area contributed by atoms with Crippen molar-refractivity contribution in [1.29, 1.82) is 0 Å². The van der Waals surface area contributed by atoms with Gasteiger partial charge in [-0.1, -0.05) is 32.0 Å². The van der Waals surface area contributed by atoms with Crippen molar-refractivity contribution in [3.05, 3.63) is 35.5 Å². The van der Waals surface area contributed by atoms with Gasteiger partial charge in [-0.05, 0) is 23.8 Å². The standard InChI is InChI=1S/C11H11NS.C2H6.H2/c1-2-4-10-8(3-1)9-5-6-13-7-11(9)12-10;1-2;/h1-4,12H,5-7H2;1-2H3;1H. The van der Waals surface area contributed by atoms with Crippen molar-refractivity contribution in [2.45, 2.75) is 26.0 Å². The van der Waals surface area contributed by atoms with Crippen LogP contribution in [-0.4, -0.2) is 10.7 Å². The highest BCUT2D eigenvalue weighted by molar-refractivity contribution is 7.98. The molecule has 0 atom stereocenters. The van der Waals surface area contributed by atoms with Gasteiger partial charge in [0.15, 0.2) is 0 Å². The van der Waals surface area contributed by atoms with Gasteiger partial charge in [0.1, 0.15) is 0 Å². The Kier molecular flexibility index (Phi) is 3.37. The van der Waals surface area contributed by atoms with Crippen LogP contribution in [0, 0.1) is 0 Å². The first-order chi connectivity index (χ1) is 7.45. The highest BCUT2D eigenvalue weighted by Crippen LogP contribution is 2.30. The van der Waals surface area contributed by atoms with Gasteiger partial charge in [-0.25, -0.2) is 0 Å². The molecular weight excluding hydrogens is 202 g/mol. The molecule has 0 saturated heterocycles. The van der Waals surface area contributed by atoms with E-state index in [2.05, 4.69) is 29.2 Å². The number of aromatic amines is 1. The Labute approximate surface area is 96.8 Å². The molecule has 0 aliphatic carbocycles. The quantitative estimate of drug-likeness (QED) is 0.704. The molecule has 1 nitrogen and oxygen atoms in total. The number of benzene rings is 1. The lowest BCUT2D eigenvalue weighted by atomic mass is 10.1. The van der Waals surface area contributed by atoms with Gasteiger partial charge in [0.05, 0.1) is 0 Å². The molecule has 0 unspecified atom stereocenters. The lowest BCUT2D eigenvalue weighted by Crippen LogP contribution is -1.99. The van der Waals surface area contributed by atoms with Gasteiger partial charge in [-0.2, -0.15) is 11.8 Å². The Morgan fingerprint density at radius 3 is 2.93 bits per heavy atom. The first-order valence-electron chi connectivity index (χ1n) is 5.61. The average Bonchev–Trinajstić information content (AvgIpc) is 2.70. The van der Waals surface area contributed by atoms with Gasteiger partial charge < -0.3 is 4.98 Å². The van der Waals surface area contributed by atoms with Crippen molar-refractivity contribution < 1.29 is 1.43 Å². The van der Waals surface area contributed by atoms with Crippen LogP contribution >= 0.6 is 11.8 Å². The molecule has 1 aromatic heterocycles. The normalized spacial score (nSPS) is 14.3. The summed E-state index contributed by atoms with van der Waals surface area (Å²) >= 11 is 2.02. The third kappa shape index (κ3) is 1.91. The fourth-order valence-corrected chi connectivity index (χ4v) is 2.96. The molecule has 1 aliphatic heterocycles. The number of fused-ring (bicyclic) bond motifs is 3. The van der Waals surface area contributed by atoms with E-state index in [1.807, 2.05) is 25.6 Å². The molecule has 1 N–H and O–H groups in total. The predicted octanol–water partition coefficient (Wildman–Crippen LogP) is 4.23. The van der Waals surface area contributed by atoms with Gasteiger partial charge in [-0.3, -0.25) is 0 Å². The van der Waals surface area contributed by atoms with Gasteiger partial charge in [-0.15, -0.1) is 0 Å². The minimum atomic E-state index is 0. The molecule has 0 spiro atoms. The van der Waals surface area contributed by atoms with Crippen LogP contribution in [0.5, 0.6) is 0 Å². The summed E-state index contributed by atoms with van der Waals surface area (Å²) < 4.78 is 0. The molecule has 2 aromatic rings. The Bertz CT molecular complexity index is 450. The molecule has 0 saturated carbocycles. The van der Waals surface area contributed by atoms with Crippen molar-refractivity contribution in [3.63, 3.8) is 0 Å². The SMILES string of the molecule is CC.[HH].c1ccc2c3c([nH]c2c1)CSCC3. The van der Waals surface area contributed by atoms with Gasteiger partial charge in [0.2, 0.25) is 0 Å². The first kappa shape index (κ1) is 10.6. The minimum absolute atomic E-state index is 0. The van der Waals surface area contributed by atoms with E-state index in [1.54, 1.807) is 5.56 Å². The number of hydrogen-bond acceptors (Lipinski definition) is 1. The van der Waals surface area contributed by atoms with Crippen molar-refractivity contribution in [1.82, 2.24) is 4.98 Å². The molecule has 15 heavy (non-hydrogen) atoms. The van der Waals surface area contributed by atoms with Crippen LogP contribution in [0.25, 0.3) is 10.9 Å². The number of rotatable bonds is 0. The fraction of sp³-hybridized carbons (Fsp3) is 0.385. The van der Waals surface area contributed by atoms with Gasteiger partial charge in [0.25, 0.3) is 0 Å². The summed E-state index contributed by atoms with van der Waals surface area (Å²) in [7, 11) is 0. The van der Waals surface area contributed by atoms with Gasteiger partial charge in [0, 0.05) is 23.8 Å². The van der Waals surface area contributed by atoms with E-state index in [4.69, 9.17) is 0 Å². The Hall–Kier alpha value is -0.890. The second kappa shape index (κ2) is 4.75. The molecule has 3 rings (SSSR count). The maximum atomic E-state index is 3.50. The van der Waals surface area contributed by atoms with Crippen LogP contribution < -0.4 is 0 Å². The molecule has 0 amide bonds. The zero-order chi connectivity index (χ0) is 10.7. The number of thioether (sulfide) groups is 1. The third-order valence-corrected chi connectivity index (χ3v) is 3.63. The smallest absolute Gasteiger partial charge is 0.0459 e. The molecular formula is C13H19NS. The van der Waals surface area contributed by atoms with Crippen molar-refractivity contribution in [3.8, 4) is 0 Å². The monoisotopic (exact) mass is 221 g/mol. The molecule has 0 bridgehead atoms. The molecule has 82 valence electrons. The minimum Gasteiger partial charge on any atom is -0.357 e. The van der Waals surface area contributed by atoms with Crippen LogP contribution in [0.4, 0.5) is 0 Å². The van der Waals surface area contributed by atoms with Crippen molar-refractivity contribution in [2.75, 3.05) is 5.75 Å². The zero-order valence-corrected chi connectivity index (χ0v) is 10.2.